The highest BCUT2D eigenvalue weighted by atomic mass is 35.5. The third kappa shape index (κ3) is 3.37. The summed E-state index contributed by atoms with van der Waals surface area (Å²) < 4.78 is 16.9. The fourth-order valence-corrected chi connectivity index (χ4v) is 3.03. The second kappa shape index (κ2) is 5.53. The van der Waals surface area contributed by atoms with Gasteiger partial charge in [-0.25, -0.2) is 0 Å². The number of methoxy groups -OCH3 is 1. The molecule has 1 unspecified atom stereocenters. The Bertz CT molecular complexity index is 456. The van der Waals surface area contributed by atoms with Crippen molar-refractivity contribution in [1.29, 1.82) is 0 Å². The van der Waals surface area contributed by atoms with Gasteiger partial charge in [0.1, 0.15) is 0 Å². The Kier molecular flexibility index (Phi) is 4.36. The molecule has 0 amide bonds. The lowest BCUT2D eigenvalue weighted by Crippen LogP contribution is -2.51. The summed E-state index contributed by atoms with van der Waals surface area (Å²) in [5.41, 5.74) is 0.566. The molecule has 0 radical (unpaired) electrons. The highest BCUT2D eigenvalue weighted by molar-refractivity contribution is 6.62. The highest BCUT2D eigenvalue weighted by Gasteiger charge is 2.38. The normalized spacial score (nSPS) is 22.4. The van der Waals surface area contributed by atoms with Crippen molar-refractivity contribution in [1.82, 2.24) is 0 Å². The molecule has 0 aromatic heterocycles. The second-order valence-electron chi connectivity index (χ2n) is 5.38. The number of benzene rings is 1. The summed E-state index contributed by atoms with van der Waals surface area (Å²) in [5, 5.41) is 0.904. The van der Waals surface area contributed by atoms with Gasteiger partial charge in [0.05, 0.1) is 22.8 Å². The number of halogens is 2. The van der Waals surface area contributed by atoms with Gasteiger partial charge in [-0.1, -0.05) is 23.2 Å². The zero-order chi connectivity index (χ0) is 14.2. The zero-order valence-electron chi connectivity index (χ0n) is 11.5. The van der Waals surface area contributed by atoms with Gasteiger partial charge in [0.15, 0.2) is 5.75 Å². The van der Waals surface area contributed by atoms with Crippen LogP contribution in [0, 0.1) is 0 Å². The van der Waals surface area contributed by atoms with E-state index in [1.165, 1.54) is 7.11 Å². The van der Waals surface area contributed by atoms with E-state index in [1.807, 2.05) is 20.8 Å². The summed E-state index contributed by atoms with van der Waals surface area (Å²) in [6.07, 6.45) is 0.967. The molecule has 1 fully saturated rings. The third-order valence-corrected chi connectivity index (χ3v) is 3.62. The van der Waals surface area contributed by atoms with Crippen molar-refractivity contribution in [2.75, 3.05) is 7.11 Å². The Morgan fingerprint density at radius 3 is 2.37 bits per heavy atom. The van der Waals surface area contributed by atoms with Gasteiger partial charge in [-0.05, 0) is 44.8 Å². The minimum atomic E-state index is -0.459. The van der Waals surface area contributed by atoms with E-state index in [9.17, 15) is 0 Å². The molecule has 2 rings (SSSR count). The minimum Gasteiger partial charge on any atom is -0.494 e. The van der Waals surface area contributed by atoms with Crippen molar-refractivity contribution in [3.05, 3.63) is 22.2 Å². The summed E-state index contributed by atoms with van der Waals surface area (Å²) in [5.74, 6) is 0.468. The van der Waals surface area contributed by atoms with E-state index in [0.717, 1.165) is 11.9 Å². The molecule has 1 aromatic carbocycles. The van der Waals surface area contributed by atoms with Gasteiger partial charge in [-0.2, -0.15) is 0 Å². The van der Waals surface area contributed by atoms with Gasteiger partial charge in [-0.15, -0.1) is 0 Å². The standard InChI is InChI=1S/C13H17BCl2O3/c1-8-7-13(2,3)19-14(18-8)9-5-10(15)12(17-4)11(16)6-9/h5-6,8H,7H2,1-4H3. The molecule has 6 heteroatoms. The van der Waals surface area contributed by atoms with E-state index in [-0.39, 0.29) is 11.7 Å². The predicted octanol–water partition coefficient (Wildman–Crippen LogP) is 3.30. The molecule has 0 bridgehead atoms. The largest absolute Gasteiger partial charge is 0.494 e. The van der Waals surface area contributed by atoms with Gasteiger partial charge in [-0.3, -0.25) is 0 Å². The van der Waals surface area contributed by atoms with Crippen LogP contribution in [0.4, 0.5) is 0 Å². The molecule has 19 heavy (non-hydrogen) atoms. The van der Waals surface area contributed by atoms with Crippen LogP contribution < -0.4 is 10.2 Å². The molecule has 1 aliphatic rings. The Balaban J connectivity index is 2.31. The minimum absolute atomic E-state index is 0.119. The molecule has 0 N–H and O–H groups in total. The van der Waals surface area contributed by atoms with Crippen molar-refractivity contribution < 1.29 is 14.0 Å². The number of hydrogen-bond donors (Lipinski definition) is 0. The van der Waals surface area contributed by atoms with Crippen LogP contribution in [-0.2, 0) is 9.31 Å². The molecule has 3 nitrogen and oxygen atoms in total. The van der Waals surface area contributed by atoms with Crippen molar-refractivity contribution >= 4 is 35.8 Å². The maximum absolute atomic E-state index is 6.14. The van der Waals surface area contributed by atoms with Crippen LogP contribution in [-0.4, -0.2) is 25.9 Å². The van der Waals surface area contributed by atoms with Crippen LogP contribution in [0.15, 0.2) is 12.1 Å². The quantitative estimate of drug-likeness (QED) is 0.785. The maximum atomic E-state index is 6.14. The highest BCUT2D eigenvalue weighted by Crippen LogP contribution is 2.32. The molecule has 0 saturated carbocycles. The van der Waals surface area contributed by atoms with E-state index in [0.29, 0.717) is 15.8 Å². The van der Waals surface area contributed by atoms with Crippen LogP contribution in [0.2, 0.25) is 10.0 Å². The molecule has 1 atom stereocenters. The number of hydrogen-bond acceptors (Lipinski definition) is 3. The average molecular weight is 303 g/mol. The first-order valence-electron chi connectivity index (χ1n) is 6.18. The lowest BCUT2D eigenvalue weighted by Gasteiger charge is -2.38. The third-order valence-electron chi connectivity index (χ3n) is 3.06. The molecule has 0 spiro atoms. The van der Waals surface area contributed by atoms with Crippen molar-refractivity contribution in [3.63, 3.8) is 0 Å². The second-order valence-corrected chi connectivity index (χ2v) is 6.19. The van der Waals surface area contributed by atoms with Gasteiger partial charge >= 0.3 is 7.12 Å². The lowest BCUT2D eigenvalue weighted by atomic mass is 9.75. The Morgan fingerprint density at radius 1 is 1.32 bits per heavy atom. The fourth-order valence-electron chi connectivity index (χ4n) is 2.37. The zero-order valence-corrected chi connectivity index (χ0v) is 13.0. The van der Waals surface area contributed by atoms with Crippen molar-refractivity contribution in [2.45, 2.75) is 38.9 Å². The summed E-state index contributed by atoms with van der Waals surface area (Å²) in [4.78, 5) is 0. The maximum Gasteiger partial charge on any atom is 0.494 e. The summed E-state index contributed by atoms with van der Waals surface area (Å²) in [6, 6.07) is 3.54. The monoisotopic (exact) mass is 302 g/mol. The van der Waals surface area contributed by atoms with E-state index >= 15 is 0 Å². The molecule has 0 aliphatic carbocycles. The molecular formula is C13H17BCl2O3. The smallest absolute Gasteiger partial charge is 0.494 e. The number of rotatable bonds is 2. The topological polar surface area (TPSA) is 27.7 Å². The van der Waals surface area contributed by atoms with Crippen LogP contribution in [0.3, 0.4) is 0 Å². The van der Waals surface area contributed by atoms with Crippen molar-refractivity contribution in [2.24, 2.45) is 0 Å². The molecule has 1 aromatic rings. The molecule has 1 aliphatic heterocycles. The average Bonchev–Trinajstić information content (AvgIpc) is 2.25. The van der Waals surface area contributed by atoms with Crippen LogP contribution >= 0.6 is 23.2 Å². The first-order chi connectivity index (χ1) is 8.82. The number of ether oxygens (including phenoxy) is 1. The Morgan fingerprint density at radius 2 is 1.89 bits per heavy atom. The van der Waals surface area contributed by atoms with E-state index in [1.54, 1.807) is 12.1 Å². The van der Waals surface area contributed by atoms with E-state index in [2.05, 4.69) is 0 Å². The fraction of sp³-hybridized carbons (Fsp3) is 0.538. The predicted molar refractivity (Wildman–Crippen MR) is 78.7 cm³/mol. The summed E-state index contributed by atoms with van der Waals surface area (Å²) >= 11 is 12.3. The van der Waals surface area contributed by atoms with Gasteiger partial charge in [0, 0.05) is 6.10 Å². The van der Waals surface area contributed by atoms with Crippen LogP contribution in [0.25, 0.3) is 0 Å². The lowest BCUT2D eigenvalue weighted by molar-refractivity contribution is -0.0229. The molecular weight excluding hydrogens is 286 g/mol. The molecule has 1 saturated heterocycles. The first-order valence-corrected chi connectivity index (χ1v) is 6.94. The van der Waals surface area contributed by atoms with Crippen LogP contribution in [0.1, 0.15) is 27.2 Å². The summed E-state index contributed by atoms with van der Waals surface area (Å²) in [7, 11) is 1.07. The SMILES string of the molecule is COc1c(Cl)cc(B2OC(C)CC(C)(C)O2)cc1Cl. The van der Waals surface area contributed by atoms with Crippen LogP contribution in [0.5, 0.6) is 5.75 Å². The Labute approximate surface area is 124 Å². The van der Waals surface area contributed by atoms with Crippen molar-refractivity contribution in [3.8, 4) is 5.75 Å². The van der Waals surface area contributed by atoms with Gasteiger partial charge in [0.2, 0.25) is 0 Å². The van der Waals surface area contributed by atoms with E-state index < -0.39 is 7.12 Å². The van der Waals surface area contributed by atoms with Gasteiger partial charge in [0.25, 0.3) is 0 Å². The van der Waals surface area contributed by atoms with Gasteiger partial charge < -0.3 is 14.0 Å². The molecule has 104 valence electrons. The first kappa shape index (κ1) is 15.0. The molecule has 1 heterocycles. The Hall–Kier alpha value is -0.415. The van der Waals surface area contributed by atoms with E-state index in [4.69, 9.17) is 37.2 Å². The summed E-state index contributed by atoms with van der Waals surface area (Å²) in [6.45, 7) is 6.13.